The lowest BCUT2D eigenvalue weighted by Crippen LogP contribution is -2.33. The molecule has 0 saturated heterocycles. The van der Waals surface area contributed by atoms with Crippen molar-refractivity contribution in [2.45, 2.75) is 6.92 Å². The molecule has 2 N–H and O–H groups in total. The Bertz CT molecular complexity index is 672. The van der Waals surface area contributed by atoms with Crippen molar-refractivity contribution in [2.75, 3.05) is 25.0 Å². The fourth-order valence-electron chi connectivity index (χ4n) is 1.56. The van der Waals surface area contributed by atoms with E-state index < -0.39 is 0 Å². The number of nitrogens with zero attached hydrogens (tertiary/aromatic N) is 2. The van der Waals surface area contributed by atoms with Crippen LogP contribution >= 0.6 is 0 Å². The fourth-order valence-corrected chi connectivity index (χ4v) is 1.56. The van der Waals surface area contributed by atoms with Crippen molar-refractivity contribution in [1.29, 1.82) is 0 Å². The summed E-state index contributed by atoms with van der Waals surface area (Å²) < 4.78 is 10.1. The molecule has 0 saturated carbocycles. The molecule has 116 valence electrons. The summed E-state index contributed by atoms with van der Waals surface area (Å²) in [4.78, 5) is 31.1. The second-order valence-corrected chi connectivity index (χ2v) is 4.36. The van der Waals surface area contributed by atoms with E-state index in [0.717, 1.165) is 0 Å². The summed E-state index contributed by atoms with van der Waals surface area (Å²) in [6.45, 7) is 2.25. The molecule has 0 aliphatic rings. The summed E-state index contributed by atoms with van der Waals surface area (Å²) in [5.41, 5.74) is -0.320. The molecule has 0 radical (unpaired) electrons. The summed E-state index contributed by atoms with van der Waals surface area (Å²) in [7, 11) is 0. The second-order valence-electron chi connectivity index (χ2n) is 4.36. The maximum atomic E-state index is 11.6. The van der Waals surface area contributed by atoms with Crippen molar-refractivity contribution in [3.8, 4) is 5.75 Å². The predicted molar refractivity (Wildman–Crippen MR) is 78.7 cm³/mol. The molecule has 22 heavy (non-hydrogen) atoms. The molecule has 1 amide bonds. The van der Waals surface area contributed by atoms with Gasteiger partial charge in [-0.15, -0.1) is 0 Å². The van der Waals surface area contributed by atoms with Gasteiger partial charge in [0.2, 0.25) is 17.1 Å². The average molecular weight is 304 g/mol. The van der Waals surface area contributed by atoms with Gasteiger partial charge in [-0.2, -0.15) is 0 Å². The lowest BCUT2D eigenvalue weighted by atomic mass is 10.4. The van der Waals surface area contributed by atoms with Crippen LogP contribution in [0.1, 0.15) is 5.76 Å². The summed E-state index contributed by atoms with van der Waals surface area (Å²) in [6.07, 6.45) is 4.43. The lowest BCUT2D eigenvalue weighted by Gasteiger charge is -2.07. The van der Waals surface area contributed by atoms with Gasteiger partial charge in [0.15, 0.2) is 6.61 Å². The minimum absolute atomic E-state index is 0.0107. The monoisotopic (exact) mass is 304 g/mol. The number of aromatic nitrogens is 2. The van der Waals surface area contributed by atoms with Crippen LogP contribution in [-0.4, -0.2) is 35.6 Å². The average Bonchev–Trinajstić information content (AvgIpc) is 2.52. The highest BCUT2D eigenvalue weighted by atomic mass is 16.5. The van der Waals surface area contributed by atoms with Gasteiger partial charge in [-0.1, -0.05) is 0 Å². The molecule has 0 atom stereocenters. The molecule has 2 aromatic rings. The molecule has 0 aliphatic heterocycles. The molecule has 0 aromatic carbocycles. The first-order valence-electron chi connectivity index (χ1n) is 6.65. The first kappa shape index (κ1) is 15.5. The number of carbonyl (C=O) groups is 1. The van der Waals surface area contributed by atoms with Crippen molar-refractivity contribution in [2.24, 2.45) is 0 Å². The predicted octanol–water partition coefficient (Wildman–Crippen LogP) is 0.345. The third-order valence-electron chi connectivity index (χ3n) is 2.58. The van der Waals surface area contributed by atoms with Gasteiger partial charge in [-0.25, -0.2) is 9.97 Å². The quantitative estimate of drug-likeness (QED) is 0.711. The number of hydrogen-bond donors (Lipinski definition) is 2. The van der Waals surface area contributed by atoms with Gasteiger partial charge in [0.1, 0.15) is 12.0 Å². The van der Waals surface area contributed by atoms with Crippen molar-refractivity contribution >= 4 is 11.9 Å². The number of carbonyl (C=O) groups excluding carboxylic acids is 1. The van der Waals surface area contributed by atoms with Crippen molar-refractivity contribution in [3.63, 3.8) is 0 Å². The van der Waals surface area contributed by atoms with E-state index in [-0.39, 0.29) is 23.7 Å². The van der Waals surface area contributed by atoms with Gasteiger partial charge in [-0.3, -0.25) is 9.59 Å². The normalized spacial score (nSPS) is 10.0. The van der Waals surface area contributed by atoms with E-state index in [0.29, 0.717) is 24.8 Å². The molecule has 8 nitrogen and oxygen atoms in total. The number of rotatable bonds is 7. The van der Waals surface area contributed by atoms with Crippen LogP contribution in [0.25, 0.3) is 0 Å². The van der Waals surface area contributed by atoms with E-state index in [1.165, 1.54) is 12.3 Å². The molecule has 0 aliphatic carbocycles. The Morgan fingerprint density at radius 1 is 1.32 bits per heavy atom. The van der Waals surface area contributed by atoms with Gasteiger partial charge < -0.3 is 19.8 Å². The lowest BCUT2D eigenvalue weighted by molar-refractivity contribution is -0.123. The highest BCUT2D eigenvalue weighted by molar-refractivity contribution is 5.77. The van der Waals surface area contributed by atoms with E-state index in [1.54, 1.807) is 25.4 Å². The zero-order chi connectivity index (χ0) is 15.8. The van der Waals surface area contributed by atoms with Crippen LogP contribution in [0.2, 0.25) is 0 Å². The van der Waals surface area contributed by atoms with Crippen LogP contribution in [0, 0.1) is 6.92 Å². The van der Waals surface area contributed by atoms with Crippen LogP contribution in [0.5, 0.6) is 5.75 Å². The first-order valence-corrected chi connectivity index (χ1v) is 6.65. The largest absolute Gasteiger partial charge is 0.477 e. The maximum absolute atomic E-state index is 11.6. The Balaban J connectivity index is 1.67. The minimum atomic E-state index is -0.337. The van der Waals surface area contributed by atoms with Gasteiger partial charge in [0.25, 0.3) is 5.91 Å². The maximum Gasteiger partial charge on any atom is 0.258 e. The number of hydrogen-bond acceptors (Lipinski definition) is 7. The Kier molecular flexibility index (Phi) is 5.47. The molecule has 2 heterocycles. The van der Waals surface area contributed by atoms with Gasteiger partial charge in [-0.05, 0) is 13.0 Å². The molecule has 0 bridgehead atoms. The Morgan fingerprint density at radius 2 is 2.09 bits per heavy atom. The summed E-state index contributed by atoms with van der Waals surface area (Å²) in [6, 6.07) is 3.02. The zero-order valence-electron chi connectivity index (χ0n) is 12.0. The SMILES string of the molecule is Cc1cc(=O)c(OCC(=O)NCCNc2ncccn2)co1. The van der Waals surface area contributed by atoms with Gasteiger partial charge in [0, 0.05) is 31.5 Å². The Labute approximate surface area is 126 Å². The number of amides is 1. The highest BCUT2D eigenvalue weighted by Gasteiger charge is 2.06. The zero-order valence-corrected chi connectivity index (χ0v) is 12.0. The minimum Gasteiger partial charge on any atom is -0.477 e. The van der Waals surface area contributed by atoms with E-state index in [4.69, 9.17) is 9.15 Å². The molecular weight excluding hydrogens is 288 g/mol. The summed E-state index contributed by atoms with van der Waals surface area (Å²) >= 11 is 0. The van der Waals surface area contributed by atoms with E-state index in [9.17, 15) is 9.59 Å². The number of aryl methyl sites for hydroxylation is 1. The number of anilines is 1. The first-order chi connectivity index (χ1) is 10.6. The van der Waals surface area contributed by atoms with Crippen LogP contribution in [0.15, 0.2) is 40.0 Å². The van der Waals surface area contributed by atoms with Crippen molar-refractivity contribution in [3.05, 3.63) is 46.8 Å². The molecule has 2 rings (SSSR count). The summed E-state index contributed by atoms with van der Waals surface area (Å²) in [5.74, 6) is 0.647. The van der Waals surface area contributed by atoms with Crippen molar-refractivity contribution in [1.82, 2.24) is 15.3 Å². The molecule has 0 unspecified atom stereocenters. The molecular formula is C14H16N4O4. The molecule has 0 fully saturated rings. The van der Waals surface area contributed by atoms with Crippen LogP contribution in [-0.2, 0) is 4.79 Å². The third-order valence-corrected chi connectivity index (χ3v) is 2.58. The highest BCUT2D eigenvalue weighted by Crippen LogP contribution is 2.04. The van der Waals surface area contributed by atoms with E-state index in [2.05, 4.69) is 20.6 Å². The van der Waals surface area contributed by atoms with Crippen LogP contribution in [0.4, 0.5) is 5.95 Å². The summed E-state index contributed by atoms with van der Waals surface area (Å²) in [5, 5.41) is 5.59. The number of ether oxygens (including phenoxy) is 1. The van der Waals surface area contributed by atoms with Gasteiger partial charge in [0.05, 0.1) is 0 Å². The van der Waals surface area contributed by atoms with E-state index >= 15 is 0 Å². The third kappa shape index (κ3) is 4.89. The topological polar surface area (TPSA) is 106 Å². The standard InChI is InChI=1S/C14H16N4O4/c1-10-7-11(19)12(8-21-10)22-9-13(20)15-5-6-18-14-16-3-2-4-17-14/h2-4,7-8H,5-6,9H2,1H3,(H,15,20)(H,16,17,18). The smallest absolute Gasteiger partial charge is 0.258 e. The molecule has 0 spiro atoms. The number of nitrogens with one attached hydrogen (secondary N) is 2. The second kappa shape index (κ2) is 7.77. The Morgan fingerprint density at radius 3 is 2.82 bits per heavy atom. The van der Waals surface area contributed by atoms with Gasteiger partial charge >= 0.3 is 0 Å². The fraction of sp³-hybridized carbons (Fsp3) is 0.286. The molecule has 8 heteroatoms. The molecule has 2 aromatic heterocycles. The van der Waals surface area contributed by atoms with Crippen LogP contribution in [0.3, 0.4) is 0 Å². The van der Waals surface area contributed by atoms with E-state index in [1.807, 2.05) is 0 Å². The Hall–Kier alpha value is -2.90. The van der Waals surface area contributed by atoms with Crippen molar-refractivity contribution < 1.29 is 13.9 Å². The van der Waals surface area contributed by atoms with Crippen LogP contribution < -0.4 is 20.8 Å².